The number of nitrogens with zero attached hydrogens (tertiary/aromatic N) is 6. The van der Waals surface area contributed by atoms with Crippen LogP contribution in [0.3, 0.4) is 0 Å². The maximum atomic E-state index is 13.3. The molecule has 1 aliphatic carbocycles. The average Bonchev–Trinajstić information content (AvgIpc) is 3.55. The van der Waals surface area contributed by atoms with Crippen LogP contribution in [-0.4, -0.2) is 61.6 Å². The van der Waals surface area contributed by atoms with Crippen LogP contribution in [-0.2, 0) is 7.05 Å². The van der Waals surface area contributed by atoms with Crippen LogP contribution < -0.4 is 26.4 Å². The fraction of sp³-hybridized carbons (Fsp3) is 0.560. The summed E-state index contributed by atoms with van der Waals surface area (Å²) in [7, 11) is 1.87. The van der Waals surface area contributed by atoms with Crippen LogP contribution in [0.1, 0.15) is 67.5 Å². The molecule has 3 aromatic rings. The predicted molar refractivity (Wildman–Crippen MR) is 140 cm³/mol. The van der Waals surface area contributed by atoms with Crippen LogP contribution in [0, 0.1) is 6.92 Å². The highest BCUT2D eigenvalue weighted by molar-refractivity contribution is 5.95. The molecule has 4 heterocycles. The van der Waals surface area contributed by atoms with Crippen molar-refractivity contribution in [1.29, 1.82) is 0 Å². The van der Waals surface area contributed by atoms with Crippen LogP contribution in [0.15, 0.2) is 23.1 Å². The van der Waals surface area contributed by atoms with Crippen LogP contribution in [0.25, 0.3) is 5.65 Å². The molecule has 1 atom stereocenters. The van der Waals surface area contributed by atoms with E-state index in [4.69, 9.17) is 0 Å². The first-order valence-electron chi connectivity index (χ1n) is 13.1. The number of rotatable bonds is 6. The fourth-order valence-corrected chi connectivity index (χ4v) is 5.49. The third-order valence-electron chi connectivity index (χ3n) is 7.47. The molecule has 3 aromatic heterocycles. The van der Waals surface area contributed by atoms with Crippen molar-refractivity contribution in [2.45, 2.75) is 64.5 Å². The number of nitrogens with one attached hydrogen (secondary N) is 3. The molecule has 2 aliphatic rings. The normalized spacial score (nSPS) is 18.4. The van der Waals surface area contributed by atoms with Gasteiger partial charge in [0.15, 0.2) is 11.5 Å². The standard InChI is InChI=1S/C25H35N9O3/c1-4-26-25(37)29-19-15-33-20(28-19)10-11-21(30-33)32-13-12-17(14-32)27-23(35)22-16(2)31(3)34(24(22)36)18-8-6-5-7-9-18/h10-11,15,17-18H,4-9,12-14H2,1-3H3,(H,27,35)(H2,26,29,37)/t17-/m0/s1. The van der Waals surface area contributed by atoms with Crippen molar-refractivity contribution in [3.63, 3.8) is 0 Å². The van der Waals surface area contributed by atoms with Crippen LogP contribution in [0.4, 0.5) is 16.4 Å². The molecule has 3 N–H and O–H groups in total. The number of urea groups is 1. The van der Waals surface area contributed by atoms with Gasteiger partial charge < -0.3 is 15.5 Å². The third-order valence-corrected chi connectivity index (χ3v) is 7.47. The number of aromatic nitrogens is 5. The Hall–Kier alpha value is -3.83. The zero-order chi connectivity index (χ0) is 26.1. The largest absolute Gasteiger partial charge is 0.353 e. The van der Waals surface area contributed by atoms with E-state index < -0.39 is 0 Å². The van der Waals surface area contributed by atoms with Crippen molar-refractivity contribution in [3.05, 3.63) is 39.9 Å². The lowest BCUT2D eigenvalue weighted by Crippen LogP contribution is -2.40. The number of hydrogen-bond donors (Lipinski definition) is 3. The smallest absolute Gasteiger partial charge is 0.320 e. The summed E-state index contributed by atoms with van der Waals surface area (Å²) in [5.41, 5.74) is 1.38. The summed E-state index contributed by atoms with van der Waals surface area (Å²) in [5, 5.41) is 13.1. The molecule has 0 unspecified atom stereocenters. The van der Waals surface area contributed by atoms with Gasteiger partial charge in [-0.15, -0.1) is 5.10 Å². The van der Waals surface area contributed by atoms with E-state index in [1.807, 2.05) is 37.7 Å². The van der Waals surface area contributed by atoms with E-state index in [0.29, 0.717) is 30.2 Å². The van der Waals surface area contributed by atoms with E-state index in [1.165, 1.54) is 6.42 Å². The number of hydrogen-bond acceptors (Lipinski definition) is 6. The Balaban J connectivity index is 1.26. The quantitative estimate of drug-likeness (QED) is 0.467. The third kappa shape index (κ3) is 4.92. The van der Waals surface area contributed by atoms with Crippen molar-refractivity contribution in [3.8, 4) is 0 Å². The Morgan fingerprint density at radius 2 is 1.92 bits per heavy atom. The molecule has 12 heteroatoms. The lowest BCUT2D eigenvalue weighted by Gasteiger charge is -2.24. The topological polar surface area (TPSA) is 131 Å². The Labute approximate surface area is 215 Å². The number of fused-ring (bicyclic) bond motifs is 1. The van der Waals surface area contributed by atoms with Gasteiger partial charge in [0.1, 0.15) is 11.4 Å². The number of anilines is 2. The minimum atomic E-state index is -0.316. The first-order chi connectivity index (χ1) is 17.9. The number of carbonyl (C=O) groups is 2. The summed E-state index contributed by atoms with van der Waals surface area (Å²) in [6.45, 7) is 5.52. The van der Waals surface area contributed by atoms with E-state index in [1.54, 1.807) is 15.4 Å². The molecule has 198 valence electrons. The van der Waals surface area contributed by atoms with Gasteiger partial charge in [-0.1, -0.05) is 19.3 Å². The molecule has 2 fully saturated rings. The Morgan fingerprint density at radius 3 is 2.68 bits per heavy atom. The molecule has 37 heavy (non-hydrogen) atoms. The summed E-state index contributed by atoms with van der Waals surface area (Å²) in [6.07, 6.45) is 7.82. The zero-order valence-electron chi connectivity index (χ0n) is 21.7. The molecule has 0 aromatic carbocycles. The lowest BCUT2D eigenvalue weighted by atomic mass is 9.96. The molecule has 12 nitrogen and oxygen atoms in total. The van der Waals surface area contributed by atoms with E-state index >= 15 is 0 Å². The second-order valence-electron chi connectivity index (χ2n) is 9.94. The SMILES string of the molecule is CCNC(=O)Nc1cn2nc(N3CC[C@H](NC(=O)c4c(C)n(C)n(C5CCCCC5)c4=O)C3)ccc2n1. The molecule has 3 amide bonds. The summed E-state index contributed by atoms with van der Waals surface area (Å²) in [6, 6.07) is 3.48. The van der Waals surface area contributed by atoms with Gasteiger partial charge in [0.25, 0.3) is 11.5 Å². The zero-order valence-corrected chi connectivity index (χ0v) is 21.7. The van der Waals surface area contributed by atoms with Crippen molar-refractivity contribution >= 4 is 29.2 Å². The lowest BCUT2D eigenvalue weighted by molar-refractivity contribution is 0.0938. The maximum Gasteiger partial charge on any atom is 0.320 e. The summed E-state index contributed by atoms with van der Waals surface area (Å²) < 4.78 is 5.26. The molecule has 1 saturated heterocycles. The Morgan fingerprint density at radius 1 is 1.14 bits per heavy atom. The minimum Gasteiger partial charge on any atom is -0.353 e. The van der Waals surface area contributed by atoms with Crippen molar-refractivity contribution < 1.29 is 9.59 Å². The summed E-state index contributed by atoms with van der Waals surface area (Å²) >= 11 is 0. The van der Waals surface area contributed by atoms with Gasteiger partial charge in [0.05, 0.1) is 12.2 Å². The number of carbonyl (C=O) groups excluding carboxylic acids is 2. The Bertz CT molecular complexity index is 1370. The second kappa shape index (κ2) is 10.3. The van der Waals surface area contributed by atoms with Crippen LogP contribution >= 0.6 is 0 Å². The fourth-order valence-electron chi connectivity index (χ4n) is 5.49. The van der Waals surface area contributed by atoms with Crippen molar-refractivity contribution in [1.82, 2.24) is 34.6 Å². The monoisotopic (exact) mass is 509 g/mol. The second-order valence-corrected chi connectivity index (χ2v) is 9.94. The number of amides is 3. The van der Waals surface area contributed by atoms with Crippen LogP contribution in [0.5, 0.6) is 0 Å². The van der Waals surface area contributed by atoms with Crippen LogP contribution in [0.2, 0.25) is 0 Å². The highest BCUT2D eigenvalue weighted by Gasteiger charge is 2.30. The molecule has 0 spiro atoms. The van der Waals surface area contributed by atoms with Gasteiger partial charge in [-0.2, -0.15) is 0 Å². The number of imidazole rings is 1. The van der Waals surface area contributed by atoms with E-state index in [0.717, 1.165) is 44.5 Å². The molecular formula is C25H35N9O3. The first kappa shape index (κ1) is 24.8. The maximum absolute atomic E-state index is 13.3. The molecule has 1 saturated carbocycles. The molecule has 5 rings (SSSR count). The highest BCUT2D eigenvalue weighted by Crippen LogP contribution is 2.27. The average molecular weight is 510 g/mol. The van der Waals surface area contributed by atoms with Gasteiger partial charge in [0.2, 0.25) is 0 Å². The minimum absolute atomic E-state index is 0.0927. The summed E-state index contributed by atoms with van der Waals surface area (Å²) in [5.74, 6) is 0.861. The Kier molecular flexibility index (Phi) is 6.90. The first-order valence-corrected chi connectivity index (χ1v) is 13.1. The molecule has 1 aliphatic heterocycles. The molecular weight excluding hydrogens is 474 g/mol. The van der Waals surface area contributed by atoms with E-state index in [9.17, 15) is 14.4 Å². The van der Waals surface area contributed by atoms with Gasteiger partial charge >= 0.3 is 6.03 Å². The van der Waals surface area contributed by atoms with Gasteiger partial charge in [-0.05, 0) is 45.2 Å². The van der Waals surface area contributed by atoms with Crippen molar-refractivity contribution in [2.75, 3.05) is 29.9 Å². The van der Waals surface area contributed by atoms with E-state index in [2.05, 4.69) is 30.9 Å². The molecule has 0 bridgehead atoms. The summed E-state index contributed by atoms with van der Waals surface area (Å²) in [4.78, 5) is 44.7. The highest BCUT2D eigenvalue weighted by atomic mass is 16.2. The van der Waals surface area contributed by atoms with Gasteiger partial charge in [-0.3, -0.25) is 19.6 Å². The van der Waals surface area contributed by atoms with Gasteiger partial charge in [0, 0.05) is 38.4 Å². The van der Waals surface area contributed by atoms with Gasteiger partial charge in [-0.25, -0.2) is 19.0 Å². The van der Waals surface area contributed by atoms with E-state index in [-0.39, 0.29) is 35.1 Å². The molecule has 0 radical (unpaired) electrons. The predicted octanol–water partition coefficient (Wildman–Crippen LogP) is 2.19. The van der Waals surface area contributed by atoms with Crippen molar-refractivity contribution in [2.24, 2.45) is 7.05 Å².